The van der Waals surface area contributed by atoms with Crippen LogP contribution in [-0.2, 0) is 29.2 Å². The zero-order valence-corrected chi connectivity index (χ0v) is 19.9. The Hall–Kier alpha value is -3.03. The topological polar surface area (TPSA) is 59.1 Å². The fourth-order valence-electron chi connectivity index (χ4n) is 5.15. The van der Waals surface area contributed by atoms with Gasteiger partial charge in [0.15, 0.2) is 5.78 Å². The van der Waals surface area contributed by atoms with Crippen LogP contribution in [0.2, 0.25) is 0 Å². The Bertz CT molecular complexity index is 1120. The number of rotatable bonds is 6. The molecule has 6 nitrogen and oxygen atoms in total. The van der Waals surface area contributed by atoms with Gasteiger partial charge in [0.25, 0.3) is 5.91 Å². The molecule has 2 heterocycles. The number of carbonyl (C=O) groups is 2. The second kappa shape index (κ2) is 10.3. The van der Waals surface area contributed by atoms with E-state index in [1.807, 2.05) is 12.1 Å². The molecule has 1 amide bonds. The highest BCUT2D eigenvalue weighted by atomic mass is 19.1. The summed E-state index contributed by atoms with van der Waals surface area (Å²) in [7, 11) is 0. The van der Waals surface area contributed by atoms with Crippen LogP contribution in [0.4, 0.5) is 4.39 Å². The van der Waals surface area contributed by atoms with Gasteiger partial charge in [-0.2, -0.15) is 0 Å². The SMILES string of the molecule is C=C1CCC[C@H](N2Cc3c(OCc4ccc(CN5CCOCC5)cc4)cc(F)cc3C2=O)C(=O)C1. The summed E-state index contributed by atoms with van der Waals surface area (Å²) in [6, 6.07) is 10.3. The molecular formula is C28H31FN2O4. The van der Waals surface area contributed by atoms with Crippen LogP contribution in [0.25, 0.3) is 0 Å². The van der Waals surface area contributed by atoms with Gasteiger partial charge in [0.1, 0.15) is 18.2 Å². The highest BCUT2D eigenvalue weighted by molar-refractivity contribution is 6.02. The van der Waals surface area contributed by atoms with Crippen molar-refractivity contribution in [2.75, 3.05) is 26.3 Å². The summed E-state index contributed by atoms with van der Waals surface area (Å²) in [4.78, 5) is 29.8. The summed E-state index contributed by atoms with van der Waals surface area (Å²) in [6.45, 7) is 8.78. The first-order valence-corrected chi connectivity index (χ1v) is 12.3. The molecule has 3 aliphatic rings. The molecule has 1 atom stereocenters. The van der Waals surface area contributed by atoms with E-state index in [1.165, 1.54) is 17.7 Å². The Morgan fingerprint density at radius 2 is 1.83 bits per heavy atom. The van der Waals surface area contributed by atoms with E-state index in [-0.39, 0.29) is 30.4 Å². The predicted molar refractivity (Wildman–Crippen MR) is 130 cm³/mol. The van der Waals surface area contributed by atoms with Crippen molar-refractivity contribution in [1.29, 1.82) is 0 Å². The number of nitrogens with zero attached hydrogens (tertiary/aromatic N) is 2. The van der Waals surface area contributed by atoms with Gasteiger partial charge in [0, 0.05) is 37.7 Å². The summed E-state index contributed by atoms with van der Waals surface area (Å²) in [5.41, 5.74) is 4.03. The fraction of sp³-hybridized carbons (Fsp3) is 0.429. The van der Waals surface area contributed by atoms with Crippen molar-refractivity contribution in [3.8, 4) is 5.75 Å². The Morgan fingerprint density at radius 1 is 1.09 bits per heavy atom. The molecule has 7 heteroatoms. The number of fused-ring (bicyclic) bond motifs is 1. The number of ketones is 1. The number of Topliss-reactive ketones (excluding diaryl/α,β-unsaturated/α-hetero) is 1. The first kappa shape index (κ1) is 23.7. The molecule has 184 valence electrons. The van der Waals surface area contributed by atoms with Gasteiger partial charge in [-0.25, -0.2) is 4.39 Å². The monoisotopic (exact) mass is 478 g/mol. The number of amides is 1. The zero-order valence-electron chi connectivity index (χ0n) is 19.9. The molecule has 0 unspecified atom stereocenters. The first-order chi connectivity index (χ1) is 17.0. The Kier molecular flexibility index (Phi) is 6.97. The lowest BCUT2D eigenvalue weighted by Gasteiger charge is -2.26. The molecule has 2 aromatic carbocycles. The maximum absolute atomic E-state index is 14.4. The molecule has 0 radical (unpaired) electrons. The second-order valence-electron chi connectivity index (χ2n) is 9.66. The maximum Gasteiger partial charge on any atom is 0.255 e. The molecule has 2 fully saturated rings. The number of hydrogen-bond acceptors (Lipinski definition) is 5. The van der Waals surface area contributed by atoms with Crippen LogP contribution in [0.15, 0.2) is 48.6 Å². The van der Waals surface area contributed by atoms with E-state index in [0.29, 0.717) is 24.2 Å². The average Bonchev–Trinajstić information content (AvgIpc) is 3.07. The third-order valence-electron chi connectivity index (χ3n) is 7.10. The third kappa shape index (κ3) is 5.31. The molecule has 2 aromatic rings. The Morgan fingerprint density at radius 3 is 2.60 bits per heavy atom. The minimum Gasteiger partial charge on any atom is -0.488 e. The molecule has 1 aliphatic carbocycles. The number of halogens is 1. The fourth-order valence-corrected chi connectivity index (χ4v) is 5.15. The molecule has 0 bridgehead atoms. The number of benzene rings is 2. The smallest absolute Gasteiger partial charge is 0.255 e. The van der Waals surface area contributed by atoms with E-state index >= 15 is 0 Å². The predicted octanol–water partition coefficient (Wildman–Crippen LogP) is 4.26. The standard InChI is InChI=1S/C28H31FN2O4/c1-19-3-2-4-25(26(32)13-19)31-17-24-23(28(31)33)14-22(29)15-27(24)35-18-21-7-5-20(6-8-21)16-30-9-11-34-12-10-30/h5-8,14-15,25H,1-4,9-13,16-18H2/t25-/m0/s1. The van der Waals surface area contributed by atoms with Crippen molar-refractivity contribution in [3.63, 3.8) is 0 Å². The van der Waals surface area contributed by atoms with Gasteiger partial charge in [-0.1, -0.05) is 36.4 Å². The van der Waals surface area contributed by atoms with Crippen molar-refractivity contribution in [2.24, 2.45) is 0 Å². The normalized spacial score (nSPS) is 21.2. The molecule has 0 aromatic heterocycles. The van der Waals surface area contributed by atoms with Crippen molar-refractivity contribution in [1.82, 2.24) is 9.80 Å². The lowest BCUT2D eigenvalue weighted by molar-refractivity contribution is -0.122. The van der Waals surface area contributed by atoms with Crippen LogP contribution < -0.4 is 4.74 Å². The number of ether oxygens (including phenoxy) is 2. The summed E-state index contributed by atoms with van der Waals surface area (Å²) in [5, 5.41) is 0. The molecule has 1 saturated heterocycles. The van der Waals surface area contributed by atoms with Crippen LogP contribution >= 0.6 is 0 Å². The van der Waals surface area contributed by atoms with Gasteiger partial charge in [-0.15, -0.1) is 0 Å². The van der Waals surface area contributed by atoms with E-state index in [1.54, 1.807) is 4.90 Å². The van der Waals surface area contributed by atoms with Gasteiger partial charge in [0.05, 0.1) is 31.4 Å². The lowest BCUT2D eigenvalue weighted by Crippen LogP contribution is -2.40. The van der Waals surface area contributed by atoms with E-state index < -0.39 is 11.9 Å². The Balaban J connectivity index is 1.27. The van der Waals surface area contributed by atoms with Gasteiger partial charge < -0.3 is 14.4 Å². The van der Waals surface area contributed by atoms with Crippen molar-refractivity contribution in [2.45, 2.75) is 51.4 Å². The van der Waals surface area contributed by atoms with Gasteiger partial charge >= 0.3 is 0 Å². The van der Waals surface area contributed by atoms with Gasteiger partial charge in [0.2, 0.25) is 0 Å². The Labute approximate surface area is 205 Å². The van der Waals surface area contributed by atoms with E-state index in [4.69, 9.17) is 9.47 Å². The second-order valence-corrected chi connectivity index (χ2v) is 9.66. The molecule has 2 aliphatic heterocycles. The maximum atomic E-state index is 14.4. The number of carbonyl (C=O) groups excluding carboxylic acids is 2. The highest BCUT2D eigenvalue weighted by Crippen LogP contribution is 2.36. The average molecular weight is 479 g/mol. The molecule has 0 N–H and O–H groups in total. The number of morpholine rings is 1. The van der Waals surface area contributed by atoms with Crippen molar-refractivity contribution in [3.05, 3.63) is 76.6 Å². The third-order valence-corrected chi connectivity index (χ3v) is 7.10. The quantitative estimate of drug-likeness (QED) is 0.459. The van der Waals surface area contributed by atoms with Crippen molar-refractivity contribution >= 4 is 11.7 Å². The minimum absolute atomic E-state index is 0.00812. The summed E-state index contributed by atoms with van der Waals surface area (Å²) < 4.78 is 25.8. The molecule has 5 rings (SSSR count). The van der Waals surface area contributed by atoms with E-state index in [9.17, 15) is 14.0 Å². The van der Waals surface area contributed by atoms with Crippen LogP contribution in [0.5, 0.6) is 5.75 Å². The molecule has 1 saturated carbocycles. The van der Waals surface area contributed by atoms with Crippen molar-refractivity contribution < 1.29 is 23.5 Å². The van der Waals surface area contributed by atoms with Crippen LogP contribution in [-0.4, -0.2) is 53.8 Å². The van der Waals surface area contributed by atoms with Crippen LogP contribution in [0.1, 0.15) is 52.7 Å². The molecule has 35 heavy (non-hydrogen) atoms. The number of hydrogen-bond donors (Lipinski definition) is 0. The van der Waals surface area contributed by atoms with E-state index in [2.05, 4.69) is 23.6 Å². The van der Waals surface area contributed by atoms with Gasteiger partial charge in [-0.3, -0.25) is 14.5 Å². The highest BCUT2D eigenvalue weighted by Gasteiger charge is 2.38. The number of allylic oxidation sites excluding steroid dienone is 1. The summed E-state index contributed by atoms with van der Waals surface area (Å²) in [6.07, 6.45) is 2.51. The lowest BCUT2D eigenvalue weighted by atomic mass is 10.1. The summed E-state index contributed by atoms with van der Waals surface area (Å²) >= 11 is 0. The zero-order chi connectivity index (χ0) is 24.4. The van der Waals surface area contributed by atoms with Crippen LogP contribution in [0.3, 0.4) is 0 Å². The summed E-state index contributed by atoms with van der Waals surface area (Å²) in [5.74, 6) is -0.453. The van der Waals surface area contributed by atoms with Gasteiger partial charge in [-0.05, 0) is 36.5 Å². The first-order valence-electron chi connectivity index (χ1n) is 12.3. The van der Waals surface area contributed by atoms with Crippen LogP contribution in [0, 0.1) is 5.82 Å². The molecular weight excluding hydrogens is 447 g/mol. The largest absolute Gasteiger partial charge is 0.488 e. The minimum atomic E-state index is -0.518. The van der Waals surface area contributed by atoms with E-state index in [0.717, 1.165) is 56.8 Å². The molecule has 0 spiro atoms.